The predicted molar refractivity (Wildman–Crippen MR) is 69.5 cm³/mol. The van der Waals surface area contributed by atoms with Crippen LogP contribution in [0.5, 0.6) is 0 Å². The Morgan fingerprint density at radius 2 is 2.39 bits per heavy atom. The number of nitrogens with zero attached hydrogens (tertiary/aromatic N) is 1. The molecule has 0 fully saturated rings. The summed E-state index contributed by atoms with van der Waals surface area (Å²) in [4.78, 5) is 11.4. The van der Waals surface area contributed by atoms with E-state index < -0.39 is 6.10 Å². The minimum atomic E-state index is -0.510. The molecule has 4 nitrogen and oxygen atoms in total. The van der Waals surface area contributed by atoms with Gasteiger partial charge in [-0.05, 0) is 30.2 Å². The van der Waals surface area contributed by atoms with Crippen molar-refractivity contribution in [3.63, 3.8) is 0 Å². The summed E-state index contributed by atoms with van der Waals surface area (Å²) in [5, 5.41) is 20.6. The first kappa shape index (κ1) is 13.9. The molecule has 0 saturated carbocycles. The van der Waals surface area contributed by atoms with E-state index in [0.717, 1.165) is 5.56 Å². The third kappa shape index (κ3) is 4.81. The molecule has 0 bridgehead atoms. The van der Waals surface area contributed by atoms with Gasteiger partial charge in [0.15, 0.2) is 0 Å². The molecular formula is C14H16N2O2. The molecule has 0 aliphatic rings. The number of rotatable bonds is 5. The monoisotopic (exact) mass is 244 g/mol. The fourth-order valence-electron chi connectivity index (χ4n) is 1.31. The summed E-state index contributed by atoms with van der Waals surface area (Å²) in [6.45, 7) is 2.10. The zero-order valence-electron chi connectivity index (χ0n) is 10.3. The van der Waals surface area contributed by atoms with Crippen molar-refractivity contribution in [3.8, 4) is 6.07 Å². The van der Waals surface area contributed by atoms with E-state index in [-0.39, 0.29) is 12.5 Å². The fourth-order valence-corrected chi connectivity index (χ4v) is 1.31. The van der Waals surface area contributed by atoms with Gasteiger partial charge in [-0.2, -0.15) is 5.26 Å². The summed E-state index contributed by atoms with van der Waals surface area (Å²) in [6.07, 6.45) is 3.12. The zero-order valence-corrected chi connectivity index (χ0v) is 10.3. The first-order valence-electron chi connectivity index (χ1n) is 5.80. The number of hydrogen-bond donors (Lipinski definition) is 2. The van der Waals surface area contributed by atoms with Crippen LogP contribution in [0.15, 0.2) is 30.3 Å². The molecule has 0 aliphatic heterocycles. The van der Waals surface area contributed by atoms with Gasteiger partial charge in [-0.15, -0.1) is 0 Å². The highest BCUT2D eigenvalue weighted by atomic mass is 16.3. The van der Waals surface area contributed by atoms with Crippen LogP contribution in [0.4, 0.5) is 0 Å². The van der Waals surface area contributed by atoms with E-state index in [9.17, 15) is 9.90 Å². The number of aliphatic hydroxyl groups excluding tert-OH is 1. The highest BCUT2D eigenvalue weighted by molar-refractivity contribution is 5.91. The third-order valence-electron chi connectivity index (χ3n) is 2.43. The van der Waals surface area contributed by atoms with Crippen molar-refractivity contribution >= 4 is 12.0 Å². The molecule has 0 aromatic heterocycles. The molecule has 0 aliphatic carbocycles. The maximum absolute atomic E-state index is 11.4. The van der Waals surface area contributed by atoms with Crippen LogP contribution in [-0.4, -0.2) is 23.7 Å². The topological polar surface area (TPSA) is 73.1 Å². The highest BCUT2D eigenvalue weighted by Gasteiger charge is 2.01. The molecule has 1 amide bonds. The second-order valence-electron chi connectivity index (χ2n) is 3.88. The summed E-state index contributed by atoms with van der Waals surface area (Å²) in [5.74, 6) is -0.259. The number of hydrogen-bond acceptors (Lipinski definition) is 3. The summed E-state index contributed by atoms with van der Waals surface area (Å²) < 4.78 is 0. The quantitative estimate of drug-likeness (QED) is 0.770. The lowest BCUT2D eigenvalue weighted by atomic mass is 10.1. The molecule has 1 rings (SSSR count). The number of aliphatic hydroxyl groups is 1. The van der Waals surface area contributed by atoms with Crippen LogP contribution in [-0.2, 0) is 4.79 Å². The Labute approximate surface area is 107 Å². The van der Waals surface area contributed by atoms with Crippen molar-refractivity contribution in [2.24, 2.45) is 0 Å². The summed E-state index contributed by atoms with van der Waals surface area (Å²) >= 11 is 0. The molecule has 2 N–H and O–H groups in total. The highest BCUT2D eigenvalue weighted by Crippen LogP contribution is 2.05. The van der Waals surface area contributed by atoms with Gasteiger partial charge in [-0.3, -0.25) is 4.79 Å². The van der Waals surface area contributed by atoms with Gasteiger partial charge in [0.05, 0.1) is 17.7 Å². The lowest BCUT2D eigenvalue weighted by molar-refractivity contribution is -0.116. The van der Waals surface area contributed by atoms with Gasteiger partial charge >= 0.3 is 0 Å². The minimum Gasteiger partial charge on any atom is -0.391 e. The Hall–Kier alpha value is -2.12. The Bertz CT molecular complexity index is 475. The molecule has 0 heterocycles. The largest absolute Gasteiger partial charge is 0.391 e. The molecule has 18 heavy (non-hydrogen) atoms. The number of amides is 1. The van der Waals surface area contributed by atoms with E-state index in [0.29, 0.717) is 12.0 Å². The molecule has 1 unspecified atom stereocenters. The maximum Gasteiger partial charge on any atom is 0.244 e. The van der Waals surface area contributed by atoms with E-state index in [2.05, 4.69) is 5.32 Å². The van der Waals surface area contributed by atoms with Crippen LogP contribution >= 0.6 is 0 Å². The normalized spacial score (nSPS) is 12.1. The molecular weight excluding hydrogens is 228 g/mol. The lowest BCUT2D eigenvalue weighted by Crippen LogP contribution is -2.30. The van der Waals surface area contributed by atoms with Gasteiger partial charge in [0.25, 0.3) is 0 Å². The van der Waals surface area contributed by atoms with Gasteiger partial charge in [0.1, 0.15) is 0 Å². The molecule has 0 saturated heterocycles. The van der Waals surface area contributed by atoms with Gasteiger partial charge < -0.3 is 10.4 Å². The number of nitriles is 1. The molecule has 0 spiro atoms. The van der Waals surface area contributed by atoms with E-state index >= 15 is 0 Å². The molecule has 1 aromatic rings. The second-order valence-corrected chi connectivity index (χ2v) is 3.88. The molecule has 94 valence electrons. The van der Waals surface area contributed by atoms with Gasteiger partial charge in [-0.1, -0.05) is 19.1 Å². The number of nitrogens with one attached hydrogen (secondary N) is 1. The Kier molecular flexibility index (Phi) is 5.62. The van der Waals surface area contributed by atoms with Crippen molar-refractivity contribution in [3.05, 3.63) is 41.5 Å². The van der Waals surface area contributed by atoms with E-state index in [1.165, 1.54) is 6.08 Å². The Morgan fingerprint density at radius 3 is 3.06 bits per heavy atom. The second kappa shape index (κ2) is 7.25. The molecule has 0 radical (unpaired) electrons. The van der Waals surface area contributed by atoms with Gasteiger partial charge in [0, 0.05) is 12.6 Å². The summed E-state index contributed by atoms with van der Waals surface area (Å²) in [6, 6.07) is 9.01. The maximum atomic E-state index is 11.4. The Balaban J connectivity index is 2.53. The Morgan fingerprint density at radius 1 is 1.61 bits per heavy atom. The zero-order chi connectivity index (χ0) is 13.4. The van der Waals surface area contributed by atoms with Crippen molar-refractivity contribution < 1.29 is 9.90 Å². The van der Waals surface area contributed by atoms with Crippen molar-refractivity contribution in [2.75, 3.05) is 6.54 Å². The van der Waals surface area contributed by atoms with E-state index in [1.54, 1.807) is 24.3 Å². The summed E-state index contributed by atoms with van der Waals surface area (Å²) in [7, 11) is 0. The minimum absolute atomic E-state index is 0.248. The average Bonchev–Trinajstić information content (AvgIpc) is 2.42. The van der Waals surface area contributed by atoms with Crippen LogP contribution in [0, 0.1) is 11.3 Å². The fraction of sp³-hybridized carbons (Fsp3) is 0.286. The number of carbonyl (C=O) groups is 1. The van der Waals surface area contributed by atoms with E-state index in [1.807, 2.05) is 19.1 Å². The van der Waals surface area contributed by atoms with Crippen LogP contribution in [0.25, 0.3) is 6.08 Å². The van der Waals surface area contributed by atoms with Crippen LogP contribution in [0.3, 0.4) is 0 Å². The first-order valence-corrected chi connectivity index (χ1v) is 5.80. The number of carbonyl (C=O) groups excluding carboxylic acids is 1. The van der Waals surface area contributed by atoms with E-state index in [4.69, 9.17) is 5.26 Å². The molecule has 4 heteroatoms. The van der Waals surface area contributed by atoms with Crippen molar-refractivity contribution in [2.45, 2.75) is 19.4 Å². The summed E-state index contributed by atoms with van der Waals surface area (Å²) in [5.41, 5.74) is 1.35. The van der Waals surface area contributed by atoms with Gasteiger partial charge in [0.2, 0.25) is 5.91 Å². The van der Waals surface area contributed by atoms with Crippen LogP contribution < -0.4 is 5.32 Å². The lowest BCUT2D eigenvalue weighted by Gasteiger charge is -2.07. The van der Waals surface area contributed by atoms with Gasteiger partial charge in [-0.25, -0.2) is 0 Å². The average molecular weight is 244 g/mol. The molecule has 1 aromatic carbocycles. The van der Waals surface area contributed by atoms with Crippen molar-refractivity contribution in [1.82, 2.24) is 5.32 Å². The standard InChI is InChI=1S/C14H16N2O2/c1-2-13(17)10-16-14(18)7-6-11-4-3-5-12(8-11)9-15/h3-8,13,17H,2,10H2,1H3,(H,16,18)/b7-6+. The smallest absolute Gasteiger partial charge is 0.244 e. The number of benzene rings is 1. The third-order valence-corrected chi connectivity index (χ3v) is 2.43. The molecule has 1 atom stereocenters. The van der Waals surface area contributed by atoms with Crippen LogP contribution in [0.2, 0.25) is 0 Å². The first-order chi connectivity index (χ1) is 8.65. The SMILES string of the molecule is CCC(O)CNC(=O)/C=C/c1cccc(C#N)c1. The van der Waals surface area contributed by atoms with Crippen LogP contribution in [0.1, 0.15) is 24.5 Å². The van der Waals surface area contributed by atoms with Crippen molar-refractivity contribution in [1.29, 1.82) is 5.26 Å². The predicted octanol–water partition coefficient (Wildman–Crippen LogP) is 1.46.